The molecule has 0 amide bonds. The maximum Gasteiger partial charge on any atom is 0.0356 e. The molecule has 0 aromatic carbocycles. The van der Waals surface area contributed by atoms with Gasteiger partial charge in [-0.2, -0.15) is 0 Å². The standard InChI is InChI=1S/C13H28N2/c1-5-8-11(2)12(14)13(15(3)4)9-6-7-10-13/h11-12H,5-10,14H2,1-4H3. The highest BCUT2D eigenvalue weighted by molar-refractivity contribution is 5.02. The second-order valence-electron chi connectivity index (χ2n) is 5.50. The molecule has 0 bridgehead atoms. The van der Waals surface area contributed by atoms with Crippen LogP contribution in [-0.4, -0.2) is 30.6 Å². The van der Waals surface area contributed by atoms with E-state index in [2.05, 4.69) is 32.8 Å². The van der Waals surface area contributed by atoms with Gasteiger partial charge in [0.05, 0.1) is 0 Å². The van der Waals surface area contributed by atoms with Crippen molar-refractivity contribution in [1.29, 1.82) is 0 Å². The van der Waals surface area contributed by atoms with Gasteiger partial charge in [-0.3, -0.25) is 0 Å². The van der Waals surface area contributed by atoms with Gasteiger partial charge in [0.1, 0.15) is 0 Å². The average Bonchev–Trinajstić information content (AvgIpc) is 2.66. The topological polar surface area (TPSA) is 29.3 Å². The molecular formula is C13H28N2. The van der Waals surface area contributed by atoms with Gasteiger partial charge in [-0.05, 0) is 39.3 Å². The Hall–Kier alpha value is -0.0800. The predicted octanol–water partition coefficient (Wildman–Crippen LogP) is 2.62. The van der Waals surface area contributed by atoms with Crippen LogP contribution < -0.4 is 5.73 Å². The van der Waals surface area contributed by atoms with E-state index >= 15 is 0 Å². The Morgan fingerprint density at radius 3 is 2.20 bits per heavy atom. The molecule has 0 spiro atoms. The summed E-state index contributed by atoms with van der Waals surface area (Å²) in [6, 6.07) is 0.343. The fourth-order valence-electron chi connectivity index (χ4n) is 3.23. The smallest absolute Gasteiger partial charge is 0.0356 e. The van der Waals surface area contributed by atoms with Crippen molar-refractivity contribution in [1.82, 2.24) is 4.90 Å². The van der Waals surface area contributed by atoms with Crippen molar-refractivity contribution in [2.75, 3.05) is 14.1 Å². The van der Waals surface area contributed by atoms with Gasteiger partial charge in [0.15, 0.2) is 0 Å². The van der Waals surface area contributed by atoms with E-state index in [9.17, 15) is 0 Å². The molecule has 0 aromatic heterocycles. The minimum atomic E-state index is 0.286. The zero-order valence-corrected chi connectivity index (χ0v) is 10.9. The first-order valence-corrected chi connectivity index (χ1v) is 6.47. The zero-order valence-electron chi connectivity index (χ0n) is 10.9. The molecule has 1 aliphatic rings. The molecule has 0 aromatic rings. The van der Waals surface area contributed by atoms with Gasteiger partial charge in [-0.15, -0.1) is 0 Å². The van der Waals surface area contributed by atoms with Gasteiger partial charge in [0.25, 0.3) is 0 Å². The molecule has 2 nitrogen and oxygen atoms in total. The van der Waals surface area contributed by atoms with Crippen molar-refractivity contribution in [2.24, 2.45) is 11.7 Å². The summed E-state index contributed by atoms with van der Waals surface area (Å²) in [6.07, 6.45) is 7.79. The Bertz CT molecular complexity index is 183. The van der Waals surface area contributed by atoms with E-state index < -0.39 is 0 Å². The number of likely N-dealkylation sites (N-methyl/N-ethyl adjacent to an activating group) is 1. The van der Waals surface area contributed by atoms with Gasteiger partial charge in [0, 0.05) is 11.6 Å². The molecule has 0 aliphatic heterocycles. The number of nitrogens with two attached hydrogens (primary N) is 1. The number of hydrogen-bond acceptors (Lipinski definition) is 2. The van der Waals surface area contributed by atoms with Crippen LogP contribution in [0.25, 0.3) is 0 Å². The third kappa shape index (κ3) is 2.54. The monoisotopic (exact) mass is 212 g/mol. The summed E-state index contributed by atoms with van der Waals surface area (Å²) >= 11 is 0. The van der Waals surface area contributed by atoms with Crippen molar-refractivity contribution in [3.05, 3.63) is 0 Å². The lowest BCUT2D eigenvalue weighted by Gasteiger charge is -2.44. The molecule has 2 atom stereocenters. The number of nitrogens with zero attached hydrogens (tertiary/aromatic N) is 1. The van der Waals surface area contributed by atoms with Gasteiger partial charge < -0.3 is 10.6 Å². The summed E-state index contributed by atoms with van der Waals surface area (Å²) in [5.41, 5.74) is 6.79. The lowest BCUT2D eigenvalue weighted by atomic mass is 9.79. The van der Waals surface area contributed by atoms with E-state index in [4.69, 9.17) is 5.73 Å². The van der Waals surface area contributed by atoms with Crippen LogP contribution in [0.1, 0.15) is 52.4 Å². The number of hydrogen-bond donors (Lipinski definition) is 1. The average molecular weight is 212 g/mol. The third-order valence-electron chi connectivity index (χ3n) is 4.34. The first kappa shape index (κ1) is 13.0. The van der Waals surface area contributed by atoms with Crippen LogP contribution in [0.2, 0.25) is 0 Å². The highest BCUT2D eigenvalue weighted by Gasteiger charge is 2.43. The Morgan fingerprint density at radius 1 is 1.27 bits per heavy atom. The Morgan fingerprint density at radius 2 is 1.80 bits per heavy atom. The van der Waals surface area contributed by atoms with Gasteiger partial charge in [-0.25, -0.2) is 0 Å². The summed E-state index contributed by atoms with van der Waals surface area (Å²) in [7, 11) is 4.40. The molecule has 1 fully saturated rings. The normalized spacial score (nSPS) is 24.4. The minimum Gasteiger partial charge on any atom is -0.326 e. The maximum atomic E-state index is 6.50. The van der Waals surface area contributed by atoms with Crippen molar-refractivity contribution >= 4 is 0 Å². The summed E-state index contributed by atoms with van der Waals surface area (Å²) in [5.74, 6) is 0.649. The van der Waals surface area contributed by atoms with Crippen molar-refractivity contribution < 1.29 is 0 Å². The lowest BCUT2D eigenvalue weighted by molar-refractivity contribution is 0.0954. The van der Waals surface area contributed by atoms with Crippen molar-refractivity contribution in [3.63, 3.8) is 0 Å². The van der Waals surface area contributed by atoms with Gasteiger partial charge in [0.2, 0.25) is 0 Å². The molecule has 0 heterocycles. The van der Waals surface area contributed by atoms with E-state index in [1.54, 1.807) is 0 Å². The molecule has 2 unspecified atom stereocenters. The zero-order chi connectivity index (χ0) is 11.5. The van der Waals surface area contributed by atoms with Crippen LogP contribution in [0.3, 0.4) is 0 Å². The largest absolute Gasteiger partial charge is 0.326 e. The first-order valence-electron chi connectivity index (χ1n) is 6.47. The van der Waals surface area contributed by atoms with Crippen LogP contribution in [-0.2, 0) is 0 Å². The molecule has 0 saturated heterocycles. The van der Waals surface area contributed by atoms with Gasteiger partial charge in [-0.1, -0.05) is 33.1 Å². The summed E-state index contributed by atoms with van der Waals surface area (Å²) in [6.45, 7) is 4.57. The molecular weight excluding hydrogens is 184 g/mol. The predicted molar refractivity (Wildman–Crippen MR) is 66.9 cm³/mol. The van der Waals surface area contributed by atoms with E-state index in [0.717, 1.165) is 0 Å². The molecule has 2 heteroatoms. The molecule has 1 aliphatic carbocycles. The van der Waals surface area contributed by atoms with Gasteiger partial charge >= 0.3 is 0 Å². The van der Waals surface area contributed by atoms with Crippen molar-refractivity contribution in [2.45, 2.75) is 64.0 Å². The van der Waals surface area contributed by atoms with E-state index in [-0.39, 0.29) is 5.54 Å². The van der Waals surface area contributed by atoms with E-state index in [1.165, 1.54) is 38.5 Å². The molecule has 1 rings (SSSR count). The second kappa shape index (κ2) is 5.31. The Balaban J connectivity index is 2.71. The SMILES string of the molecule is CCCC(C)C(N)C1(N(C)C)CCCC1. The van der Waals surface area contributed by atoms with Crippen molar-refractivity contribution in [3.8, 4) is 0 Å². The summed E-state index contributed by atoms with van der Waals surface area (Å²) in [5, 5.41) is 0. The van der Waals surface area contributed by atoms with Crippen LogP contribution in [0.4, 0.5) is 0 Å². The molecule has 15 heavy (non-hydrogen) atoms. The van der Waals surface area contributed by atoms with Crippen LogP contribution in [0, 0.1) is 5.92 Å². The summed E-state index contributed by atoms with van der Waals surface area (Å²) < 4.78 is 0. The molecule has 0 radical (unpaired) electrons. The van der Waals surface area contributed by atoms with Crippen LogP contribution in [0.5, 0.6) is 0 Å². The lowest BCUT2D eigenvalue weighted by Crippen LogP contribution is -2.58. The molecule has 90 valence electrons. The highest BCUT2D eigenvalue weighted by atomic mass is 15.2. The van der Waals surface area contributed by atoms with Crippen LogP contribution >= 0.6 is 0 Å². The second-order valence-corrected chi connectivity index (χ2v) is 5.50. The fraction of sp³-hybridized carbons (Fsp3) is 1.00. The maximum absolute atomic E-state index is 6.50. The molecule has 2 N–H and O–H groups in total. The highest BCUT2D eigenvalue weighted by Crippen LogP contribution is 2.38. The van der Waals surface area contributed by atoms with E-state index in [1.807, 2.05) is 0 Å². The quantitative estimate of drug-likeness (QED) is 0.759. The summed E-state index contributed by atoms with van der Waals surface area (Å²) in [4.78, 5) is 2.39. The number of rotatable bonds is 5. The van der Waals surface area contributed by atoms with Crippen LogP contribution in [0.15, 0.2) is 0 Å². The minimum absolute atomic E-state index is 0.286. The molecule has 1 saturated carbocycles. The Labute approximate surface area is 95.2 Å². The van der Waals surface area contributed by atoms with E-state index in [0.29, 0.717) is 12.0 Å². The first-order chi connectivity index (χ1) is 7.04. The Kier molecular flexibility index (Phi) is 4.60. The fourth-order valence-corrected chi connectivity index (χ4v) is 3.23. The third-order valence-corrected chi connectivity index (χ3v) is 4.34.